The van der Waals surface area contributed by atoms with Crippen molar-refractivity contribution in [3.8, 4) is 0 Å². The van der Waals surface area contributed by atoms with Crippen LogP contribution in [-0.4, -0.2) is 39.3 Å². The second-order valence-corrected chi connectivity index (χ2v) is 4.33. The van der Waals surface area contributed by atoms with Crippen molar-refractivity contribution < 1.29 is 0 Å². The summed E-state index contributed by atoms with van der Waals surface area (Å²) in [5.74, 6) is 0. The Labute approximate surface area is 94.1 Å². The summed E-state index contributed by atoms with van der Waals surface area (Å²) in [6.07, 6.45) is 0.921. The van der Waals surface area contributed by atoms with Gasteiger partial charge in [0.05, 0.1) is 0 Å². The largest absolute Gasteiger partial charge is 0.342 e. The molecule has 0 spiro atoms. The first-order valence-corrected chi connectivity index (χ1v) is 5.51. The number of nitrogens with one attached hydrogen (secondary N) is 2. The lowest BCUT2D eigenvalue weighted by Crippen LogP contribution is -2.28. The van der Waals surface area contributed by atoms with Crippen molar-refractivity contribution in [1.82, 2.24) is 19.7 Å². The van der Waals surface area contributed by atoms with Gasteiger partial charge in [0.2, 0.25) is 0 Å². The highest BCUT2D eigenvalue weighted by atomic mass is 32.1. The van der Waals surface area contributed by atoms with Gasteiger partial charge < -0.3 is 4.90 Å². The summed E-state index contributed by atoms with van der Waals surface area (Å²) in [6, 6.07) is 0.530. The third kappa shape index (κ3) is 3.32. The van der Waals surface area contributed by atoms with Crippen LogP contribution in [0.4, 0.5) is 0 Å². The minimum absolute atomic E-state index is 0.160. The minimum Gasteiger partial charge on any atom is -0.304 e. The van der Waals surface area contributed by atoms with Crippen LogP contribution in [0.15, 0.2) is 4.79 Å². The highest BCUT2D eigenvalue weighted by Gasteiger charge is 2.04. The molecule has 0 bridgehead atoms. The molecule has 0 radical (unpaired) electrons. The fourth-order valence-corrected chi connectivity index (χ4v) is 1.50. The van der Waals surface area contributed by atoms with Crippen molar-refractivity contribution in [1.29, 1.82) is 0 Å². The van der Waals surface area contributed by atoms with Crippen LogP contribution in [0.1, 0.15) is 20.3 Å². The molecule has 0 fully saturated rings. The maximum absolute atomic E-state index is 11.2. The summed E-state index contributed by atoms with van der Waals surface area (Å²) in [7, 11) is 2.07. The number of nitrogens with zero attached hydrogens (tertiary/aromatic N) is 2. The van der Waals surface area contributed by atoms with Gasteiger partial charge in [-0.1, -0.05) is 0 Å². The number of hydrogen-bond acceptors (Lipinski definition) is 3. The van der Waals surface area contributed by atoms with Gasteiger partial charge in [-0.05, 0) is 46.1 Å². The van der Waals surface area contributed by atoms with Gasteiger partial charge in [0, 0.05) is 12.6 Å². The molecule has 1 aromatic heterocycles. The standard InChI is InChI=1S/C9H18N4OS/c1-7(2)12(3)5-4-6-13-8(14)10-11-9(13)15/h7H,4-6H2,1-3H3,(H,10,14)(H,11,15). The molecule has 0 aliphatic carbocycles. The molecule has 5 nitrogen and oxygen atoms in total. The Balaban J connectivity index is 2.45. The van der Waals surface area contributed by atoms with Crippen LogP contribution in [0, 0.1) is 4.77 Å². The van der Waals surface area contributed by atoms with E-state index in [4.69, 9.17) is 12.2 Å². The lowest BCUT2D eigenvalue weighted by molar-refractivity contribution is 0.265. The van der Waals surface area contributed by atoms with E-state index in [1.807, 2.05) is 0 Å². The Morgan fingerprint density at radius 2 is 2.13 bits per heavy atom. The Bertz CT molecular complexity index is 375. The zero-order valence-electron chi connectivity index (χ0n) is 9.41. The van der Waals surface area contributed by atoms with Gasteiger partial charge in [-0.3, -0.25) is 9.67 Å². The molecule has 0 saturated heterocycles. The Morgan fingerprint density at radius 1 is 1.47 bits per heavy atom. The summed E-state index contributed by atoms with van der Waals surface area (Å²) in [5, 5.41) is 5.09. The number of aromatic amines is 2. The molecule has 0 aliphatic heterocycles. The van der Waals surface area contributed by atoms with E-state index in [-0.39, 0.29) is 5.69 Å². The van der Waals surface area contributed by atoms with Crippen LogP contribution in [-0.2, 0) is 6.54 Å². The predicted octanol–water partition coefficient (Wildman–Crippen LogP) is 0.964. The van der Waals surface area contributed by atoms with Gasteiger partial charge in [-0.15, -0.1) is 0 Å². The maximum Gasteiger partial charge on any atom is 0.342 e. The highest BCUT2D eigenvalue weighted by Crippen LogP contribution is 1.96. The monoisotopic (exact) mass is 230 g/mol. The third-order valence-corrected chi connectivity index (χ3v) is 2.86. The molecule has 0 unspecified atom stereocenters. The van der Waals surface area contributed by atoms with Gasteiger partial charge >= 0.3 is 5.69 Å². The van der Waals surface area contributed by atoms with Crippen molar-refractivity contribution in [2.45, 2.75) is 32.9 Å². The smallest absolute Gasteiger partial charge is 0.304 e. The first-order chi connectivity index (χ1) is 7.02. The molecule has 1 rings (SSSR count). The number of aromatic nitrogens is 3. The zero-order chi connectivity index (χ0) is 11.4. The molecular weight excluding hydrogens is 212 g/mol. The van der Waals surface area contributed by atoms with Gasteiger partial charge in [0.25, 0.3) is 0 Å². The summed E-state index contributed by atoms with van der Waals surface area (Å²) in [6.45, 7) is 5.92. The summed E-state index contributed by atoms with van der Waals surface area (Å²) in [5.41, 5.74) is -0.160. The predicted molar refractivity (Wildman–Crippen MR) is 62.6 cm³/mol. The van der Waals surface area contributed by atoms with Crippen molar-refractivity contribution in [2.75, 3.05) is 13.6 Å². The molecule has 0 atom stereocenters. The topological polar surface area (TPSA) is 56.8 Å². The third-order valence-electron chi connectivity index (χ3n) is 2.54. The Morgan fingerprint density at radius 3 is 2.60 bits per heavy atom. The lowest BCUT2D eigenvalue weighted by atomic mass is 10.3. The van der Waals surface area contributed by atoms with Crippen LogP contribution < -0.4 is 5.69 Å². The second-order valence-electron chi connectivity index (χ2n) is 3.94. The van der Waals surface area contributed by atoms with E-state index in [1.165, 1.54) is 0 Å². The van der Waals surface area contributed by atoms with Gasteiger partial charge in [0.1, 0.15) is 0 Å². The minimum atomic E-state index is -0.160. The first kappa shape index (κ1) is 12.2. The SMILES string of the molecule is CC(C)N(C)CCCn1c(=O)[nH][nH]c1=S. The fourth-order valence-electron chi connectivity index (χ4n) is 1.27. The van der Waals surface area contributed by atoms with E-state index in [0.717, 1.165) is 13.0 Å². The van der Waals surface area contributed by atoms with E-state index in [2.05, 4.69) is 36.0 Å². The fraction of sp³-hybridized carbons (Fsp3) is 0.778. The van der Waals surface area contributed by atoms with Crippen molar-refractivity contribution >= 4 is 12.2 Å². The second kappa shape index (κ2) is 5.27. The number of hydrogen-bond donors (Lipinski definition) is 2. The number of rotatable bonds is 5. The van der Waals surface area contributed by atoms with Crippen LogP contribution in [0.2, 0.25) is 0 Å². The molecule has 1 aromatic rings. The van der Waals surface area contributed by atoms with Gasteiger partial charge in [-0.2, -0.15) is 0 Å². The highest BCUT2D eigenvalue weighted by molar-refractivity contribution is 7.71. The molecule has 0 amide bonds. The van der Waals surface area contributed by atoms with Crippen molar-refractivity contribution in [3.63, 3.8) is 0 Å². The molecule has 15 heavy (non-hydrogen) atoms. The van der Waals surface area contributed by atoms with Crippen LogP contribution in [0.3, 0.4) is 0 Å². The first-order valence-electron chi connectivity index (χ1n) is 5.10. The summed E-state index contributed by atoms with van der Waals surface area (Å²) >= 11 is 4.97. The van der Waals surface area contributed by atoms with Crippen LogP contribution in [0.25, 0.3) is 0 Å². The van der Waals surface area contributed by atoms with E-state index in [1.54, 1.807) is 4.57 Å². The quantitative estimate of drug-likeness (QED) is 0.741. The van der Waals surface area contributed by atoms with Gasteiger partial charge in [0.15, 0.2) is 4.77 Å². The number of H-pyrrole nitrogens is 2. The average molecular weight is 230 g/mol. The van der Waals surface area contributed by atoms with E-state index in [0.29, 0.717) is 17.4 Å². The zero-order valence-corrected chi connectivity index (χ0v) is 10.2. The van der Waals surface area contributed by atoms with Gasteiger partial charge in [-0.25, -0.2) is 9.89 Å². The Hall–Kier alpha value is -0.880. The molecule has 6 heteroatoms. The van der Waals surface area contributed by atoms with Crippen molar-refractivity contribution in [2.24, 2.45) is 0 Å². The average Bonchev–Trinajstić information content (AvgIpc) is 2.48. The summed E-state index contributed by atoms with van der Waals surface area (Å²) < 4.78 is 2.01. The normalized spacial score (nSPS) is 11.5. The van der Waals surface area contributed by atoms with Crippen LogP contribution >= 0.6 is 12.2 Å². The molecule has 2 N–H and O–H groups in total. The molecular formula is C9H18N4OS. The van der Waals surface area contributed by atoms with E-state index in [9.17, 15) is 4.79 Å². The molecule has 0 aliphatic rings. The molecule has 0 aromatic carbocycles. The van der Waals surface area contributed by atoms with E-state index >= 15 is 0 Å². The molecule has 0 saturated carbocycles. The summed E-state index contributed by atoms with van der Waals surface area (Å²) in [4.78, 5) is 13.5. The Kier molecular flexibility index (Phi) is 4.28. The lowest BCUT2D eigenvalue weighted by Gasteiger charge is -2.20. The molecule has 86 valence electrons. The van der Waals surface area contributed by atoms with Crippen LogP contribution in [0.5, 0.6) is 0 Å². The maximum atomic E-state index is 11.2. The van der Waals surface area contributed by atoms with Crippen molar-refractivity contribution in [3.05, 3.63) is 15.3 Å². The molecule has 1 heterocycles. The van der Waals surface area contributed by atoms with E-state index < -0.39 is 0 Å².